The van der Waals surface area contributed by atoms with Gasteiger partial charge in [-0.05, 0) is 10.8 Å². The molecule has 1 aromatic rings. The average Bonchev–Trinajstić information content (AvgIpc) is 3.15. The summed E-state index contributed by atoms with van der Waals surface area (Å²) in [5.74, 6) is -4.39. The number of aromatic amines is 1. The van der Waals surface area contributed by atoms with Crippen LogP contribution in [0.2, 0.25) is 0 Å². The molecule has 2 aliphatic heterocycles. The van der Waals surface area contributed by atoms with Crippen LogP contribution >= 0.6 is 23.5 Å². The highest BCUT2D eigenvalue weighted by Crippen LogP contribution is 2.34. The zero-order valence-electron chi connectivity index (χ0n) is 13.8. The summed E-state index contributed by atoms with van der Waals surface area (Å²) in [6, 6.07) is -1.00. The molecule has 2 aliphatic rings. The zero-order valence-corrected chi connectivity index (χ0v) is 15.5. The Labute approximate surface area is 159 Å². The second kappa shape index (κ2) is 8.31. The molecule has 0 saturated carbocycles. The van der Waals surface area contributed by atoms with Crippen molar-refractivity contribution in [3.8, 4) is 0 Å². The molecule has 1 fully saturated rings. The second-order valence-electron chi connectivity index (χ2n) is 5.52. The number of alkyl halides is 2. The lowest BCUT2D eigenvalue weighted by molar-refractivity contribution is -0.182. The number of halogens is 2. The Morgan fingerprint density at radius 3 is 2.89 bits per heavy atom. The number of nitrogens with one attached hydrogen (secondary N) is 2. The molecule has 146 valence electrons. The van der Waals surface area contributed by atoms with E-state index in [1.165, 1.54) is 23.6 Å². The van der Waals surface area contributed by atoms with E-state index >= 15 is 0 Å². The lowest BCUT2D eigenvalue weighted by Gasteiger charge is -2.49. The molecule has 3 heterocycles. The van der Waals surface area contributed by atoms with Gasteiger partial charge in [-0.15, -0.1) is 10.2 Å². The quantitative estimate of drug-likeness (QED) is 0.433. The molecular weight excluding hydrogens is 406 g/mol. The second-order valence-corrected chi connectivity index (χ2v) is 7.44. The Hall–Kier alpha value is -2.06. The summed E-state index contributed by atoms with van der Waals surface area (Å²) in [6.07, 6.45) is -0.837. The number of ether oxygens (including phenoxy) is 1. The third-order valence-corrected chi connectivity index (χ3v) is 5.34. The number of nitrogens with zero attached hydrogens (tertiary/aromatic N) is 4. The molecule has 1 saturated heterocycles. The first-order valence-electron chi connectivity index (χ1n) is 7.61. The number of carbonyl (C=O) groups excluding carboxylic acids is 3. The third kappa shape index (κ3) is 4.27. The van der Waals surface area contributed by atoms with Crippen LogP contribution in [0.15, 0.2) is 16.4 Å². The molecular formula is C13H14F2N6O4S2. The molecule has 0 aliphatic carbocycles. The van der Waals surface area contributed by atoms with E-state index in [2.05, 4.69) is 25.9 Å². The number of β-lactam (4-membered cyclic amide) rings is 1. The maximum absolute atomic E-state index is 12.4. The van der Waals surface area contributed by atoms with Crippen LogP contribution in [-0.2, 0) is 19.1 Å². The number of rotatable bonds is 8. The van der Waals surface area contributed by atoms with Crippen LogP contribution < -0.4 is 5.32 Å². The minimum atomic E-state index is -2.68. The number of amides is 2. The van der Waals surface area contributed by atoms with Crippen LogP contribution in [-0.4, -0.2) is 79.3 Å². The highest BCUT2D eigenvalue weighted by Gasteiger charge is 2.54. The van der Waals surface area contributed by atoms with Crippen LogP contribution in [0, 0.1) is 0 Å². The largest absolute Gasteiger partial charge is 0.351 e. The van der Waals surface area contributed by atoms with Gasteiger partial charge in [0.1, 0.15) is 0 Å². The highest BCUT2D eigenvalue weighted by atomic mass is 32.2. The van der Waals surface area contributed by atoms with Gasteiger partial charge in [0.05, 0.1) is 18.1 Å². The van der Waals surface area contributed by atoms with Crippen molar-refractivity contribution < 1.29 is 27.9 Å². The van der Waals surface area contributed by atoms with E-state index in [1.807, 2.05) is 0 Å². The minimum absolute atomic E-state index is 0.0758. The summed E-state index contributed by atoms with van der Waals surface area (Å²) in [7, 11) is 0. The molecule has 2 atom stereocenters. The fourth-order valence-electron chi connectivity index (χ4n) is 2.68. The van der Waals surface area contributed by atoms with Crippen LogP contribution in [0.5, 0.6) is 0 Å². The van der Waals surface area contributed by atoms with Gasteiger partial charge in [-0.2, -0.15) is 14.0 Å². The topological polar surface area (TPSA) is 130 Å². The van der Waals surface area contributed by atoms with Gasteiger partial charge in [0.2, 0.25) is 11.1 Å². The Balaban J connectivity index is 1.67. The number of hydrogen-bond acceptors (Lipinski definition) is 9. The van der Waals surface area contributed by atoms with E-state index in [1.54, 1.807) is 0 Å². The molecule has 10 nitrogen and oxygen atoms in total. The van der Waals surface area contributed by atoms with E-state index in [9.17, 15) is 23.2 Å². The summed E-state index contributed by atoms with van der Waals surface area (Å²) in [5.41, 5.74) is 0.791. The molecule has 27 heavy (non-hydrogen) atoms. The van der Waals surface area contributed by atoms with Crippen molar-refractivity contribution in [1.29, 1.82) is 0 Å². The molecule has 3 rings (SSSR count). The smallest absolute Gasteiger partial charge is 0.285 e. The fourth-order valence-corrected chi connectivity index (χ4v) is 3.77. The van der Waals surface area contributed by atoms with Crippen molar-refractivity contribution in [3.63, 3.8) is 0 Å². The Bertz CT molecular complexity index is 775. The predicted octanol–water partition coefficient (Wildman–Crippen LogP) is -0.226. The highest BCUT2D eigenvalue weighted by molar-refractivity contribution is 8.00. The lowest BCUT2D eigenvalue weighted by atomic mass is 9.97. The van der Waals surface area contributed by atoms with Crippen LogP contribution in [0.3, 0.4) is 0 Å². The summed E-state index contributed by atoms with van der Waals surface area (Å²) >= 11 is 1.38. The molecule has 1 aromatic heterocycles. The lowest BCUT2D eigenvalue weighted by Crippen LogP contribution is -2.73. The number of thioether (sulfide) groups is 2. The molecule has 0 bridgehead atoms. The average molecular weight is 420 g/mol. The number of tetrazole rings is 1. The number of H-pyrrole nitrogens is 1. The number of fused-ring (bicyclic) bond motifs is 1. The molecule has 2 unspecified atom stereocenters. The van der Waals surface area contributed by atoms with E-state index in [0.29, 0.717) is 16.5 Å². The predicted molar refractivity (Wildman–Crippen MR) is 89.6 cm³/mol. The van der Waals surface area contributed by atoms with Gasteiger partial charge in [0.25, 0.3) is 11.7 Å². The number of carbonyl (C=O) groups is 3. The molecule has 14 heteroatoms. The fraction of sp³-hybridized carbons (Fsp3) is 0.538. The Kier molecular flexibility index (Phi) is 6.06. The zero-order chi connectivity index (χ0) is 19.6. The van der Waals surface area contributed by atoms with Crippen LogP contribution in [0.4, 0.5) is 8.78 Å². The number of aromatic nitrogens is 4. The van der Waals surface area contributed by atoms with Crippen LogP contribution in [0.25, 0.3) is 0 Å². The normalized spacial score (nSPS) is 21.9. The van der Waals surface area contributed by atoms with Gasteiger partial charge in [0.15, 0.2) is 18.1 Å². The van der Waals surface area contributed by atoms with Crippen molar-refractivity contribution in [2.75, 3.05) is 18.1 Å². The molecule has 0 spiro atoms. The van der Waals surface area contributed by atoms with Gasteiger partial charge < -0.3 is 10.1 Å². The first kappa shape index (κ1) is 19.7. The minimum Gasteiger partial charge on any atom is -0.351 e. The third-order valence-electron chi connectivity index (χ3n) is 3.74. The van der Waals surface area contributed by atoms with Crippen molar-refractivity contribution >= 4 is 41.1 Å². The number of allylic oxidation sites excluding steroid dienone is 1. The summed E-state index contributed by atoms with van der Waals surface area (Å²) in [4.78, 5) is 37.3. The van der Waals surface area contributed by atoms with Crippen LogP contribution in [0.1, 0.15) is 6.92 Å². The van der Waals surface area contributed by atoms with E-state index < -0.39 is 35.6 Å². The van der Waals surface area contributed by atoms with Crippen molar-refractivity contribution in [2.24, 2.45) is 0 Å². The van der Waals surface area contributed by atoms with Gasteiger partial charge in [-0.25, -0.2) is 0 Å². The Morgan fingerprint density at radius 1 is 1.48 bits per heavy atom. The maximum atomic E-state index is 12.4. The molecule has 2 N–H and O–H groups in total. The van der Waals surface area contributed by atoms with E-state index in [0.717, 1.165) is 0 Å². The van der Waals surface area contributed by atoms with E-state index in [4.69, 9.17) is 4.74 Å². The SMILES string of the molecule is CC(=O)C1=C(CSc2nn[nH]n2)COC2C(NC(=O)CSC(F)F)C(=O)N12. The van der Waals surface area contributed by atoms with Gasteiger partial charge >= 0.3 is 0 Å². The first-order valence-corrected chi connectivity index (χ1v) is 9.65. The number of ketones is 1. The molecule has 0 radical (unpaired) electrons. The van der Waals surface area contributed by atoms with Crippen molar-refractivity contribution in [3.05, 3.63) is 11.3 Å². The molecule has 2 amide bonds. The summed E-state index contributed by atoms with van der Waals surface area (Å²) in [6.45, 7) is 1.40. The maximum Gasteiger partial charge on any atom is 0.285 e. The van der Waals surface area contributed by atoms with Crippen molar-refractivity contribution in [2.45, 2.75) is 30.1 Å². The summed E-state index contributed by atoms with van der Waals surface area (Å²) < 4.78 is 29.9. The summed E-state index contributed by atoms with van der Waals surface area (Å²) in [5, 5.41) is 16.1. The van der Waals surface area contributed by atoms with Gasteiger partial charge in [-0.1, -0.05) is 23.5 Å². The van der Waals surface area contributed by atoms with E-state index in [-0.39, 0.29) is 29.8 Å². The van der Waals surface area contributed by atoms with Gasteiger partial charge in [-0.3, -0.25) is 19.3 Å². The molecule has 0 aromatic carbocycles. The number of hydrogen-bond donors (Lipinski definition) is 2. The number of Topliss-reactive ketones (excluding diaryl/α,β-unsaturated/α-hetero) is 1. The van der Waals surface area contributed by atoms with Gasteiger partial charge in [0, 0.05) is 12.7 Å². The standard InChI is InChI=1S/C13H14F2N6O4S2/c1-5(22)9-6(3-27-13-17-19-20-18-13)2-25-11-8(10(24)21(9)11)16-7(23)4-26-12(14)15/h8,11-12H,2-4H2,1H3,(H,16,23)(H,17,18,19,20). The first-order chi connectivity index (χ1) is 12.9. The Morgan fingerprint density at radius 2 is 2.26 bits per heavy atom. The monoisotopic (exact) mass is 420 g/mol. The van der Waals surface area contributed by atoms with Crippen molar-refractivity contribution in [1.82, 2.24) is 30.8 Å².